The lowest BCUT2D eigenvalue weighted by Gasteiger charge is -2.25. The first-order valence-corrected chi connectivity index (χ1v) is 7.85. The molecule has 4 N–H and O–H groups in total. The van der Waals surface area contributed by atoms with Crippen LogP contribution in [0, 0.1) is 0 Å². The van der Waals surface area contributed by atoms with E-state index in [-0.39, 0.29) is 23.6 Å². The maximum Gasteiger partial charge on any atom is 0.242 e. The van der Waals surface area contributed by atoms with Crippen LogP contribution in [0.5, 0.6) is 0 Å². The fraction of sp³-hybridized carbons (Fsp3) is 0.583. The molecule has 1 fully saturated rings. The summed E-state index contributed by atoms with van der Waals surface area (Å²) in [5.41, 5.74) is 6.07. The number of nitrogens with two attached hydrogens (primary N) is 1. The van der Waals surface area contributed by atoms with E-state index >= 15 is 0 Å². The summed E-state index contributed by atoms with van der Waals surface area (Å²) < 4.78 is 26.9. The molecule has 0 unspecified atom stereocenters. The van der Waals surface area contributed by atoms with Crippen molar-refractivity contribution in [3.8, 4) is 0 Å². The van der Waals surface area contributed by atoms with Crippen molar-refractivity contribution in [3.05, 3.63) is 24.0 Å². The zero-order valence-corrected chi connectivity index (χ0v) is 11.4. The number of sulfonamides is 1. The molecule has 0 amide bonds. The summed E-state index contributed by atoms with van der Waals surface area (Å²) in [6.45, 7) is 0.286. The van der Waals surface area contributed by atoms with Gasteiger partial charge in [0.25, 0.3) is 0 Å². The largest absolute Gasteiger partial charge is 0.393 e. The molecule has 1 heterocycles. The first kappa shape index (κ1) is 14.4. The predicted octanol–water partition coefficient (Wildman–Crippen LogP) is 0.122. The Bertz CT molecular complexity index is 508. The molecule has 19 heavy (non-hydrogen) atoms. The fourth-order valence-electron chi connectivity index (χ4n) is 2.17. The summed E-state index contributed by atoms with van der Waals surface area (Å²) in [4.78, 5) is 4.13. The van der Waals surface area contributed by atoms with Gasteiger partial charge in [-0.25, -0.2) is 13.1 Å². The number of hydrogen-bond donors (Lipinski definition) is 3. The predicted molar refractivity (Wildman–Crippen MR) is 70.7 cm³/mol. The monoisotopic (exact) mass is 285 g/mol. The molecule has 0 radical (unpaired) electrons. The van der Waals surface area contributed by atoms with E-state index in [1.54, 1.807) is 6.07 Å². The Morgan fingerprint density at radius 2 is 2.00 bits per heavy atom. The van der Waals surface area contributed by atoms with Crippen molar-refractivity contribution in [2.24, 2.45) is 5.73 Å². The molecule has 1 saturated carbocycles. The van der Waals surface area contributed by atoms with Gasteiger partial charge in [-0.1, -0.05) is 0 Å². The Balaban J connectivity index is 2.05. The fourth-order valence-corrected chi connectivity index (χ4v) is 3.42. The van der Waals surface area contributed by atoms with Crippen molar-refractivity contribution in [1.29, 1.82) is 0 Å². The third-order valence-electron chi connectivity index (χ3n) is 3.34. The molecule has 0 aromatic carbocycles. The lowest BCUT2D eigenvalue weighted by Crippen LogP contribution is -2.38. The topological polar surface area (TPSA) is 105 Å². The van der Waals surface area contributed by atoms with Gasteiger partial charge in [-0.15, -0.1) is 0 Å². The Hall–Kier alpha value is -1.02. The summed E-state index contributed by atoms with van der Waals surface area (Å²) in [7, 11) is -3.54. The third kappa shape index (κ3) is 3.73. The van der Waals surface area contributed by atoms with E-state index in [4.69, 9.17) is 5.73 Å². The van der Waals surface area contributed by atoms with Crippen LogP contribution < -0.4 is 10.5 Å². The average Bonchev–Trinajstić information content (AvgIpc) is 2.41. The molecule has 1 aliphatic rings. The Kier molecular flexibility index (Phi) is 4.51. The number of aromatic nitrogens is 1. The van der Waals surface area contributed by atoms with Crippen molar-refractivity contribution in [2.45, 2.75) is 49.3 Å². The summed E-state index contributed by atoms with van der Waals surface area (Å²) in [6, 6.07) is 3.01. The molecule has 1 aromatic rings. The number of nitrogens with zero attached hydrogens (tertiary/aromatic N) is 1. The molecule has 0 saturated heterocycles. The number of aliphatic hydroxyl groups excluding tert-OH is 1. The highest BCUT2D eigenvalue weighted by molar-refractivity contribution is 7.89. The van der Waals surface area contributed by atoms with Crippen molar-refractivity contribution in [2.75, 3.05) is 0 Å². The van der Waals surface area contributed by atoms with Crippen LogP contribution >= 0.6 is 0 Å². The van der Waals surface area contributed by atoms with E-state index in [0.717, 1.165) is 0 Å². The number of rotatable bonds is 4. The van der Waals surface area contributed by atoms with Crippen LogP contribution in [0.3, 0.4) is 0 Å². The van der Waals surface area contributed by atoms with E-state index in [1.807, 2.05) is 0 Å². The van der Waals surface area contributed by atoms with Gasteiger partial charge in [0.05, 0.1) is 11.8 Å². The van der Waals surface area contributed by atoms with Crippen LogP contribution in [-0.4, -0.2) is 30.7 Å². The quantitative estimate of drug-likeness (QED) is 0.729. The normalized spacial score (nSPS) is 24.3. The first-order chi connectivity index (χ1) is 9.01. The van der Waals surface area contributed by atoms with Crippen LogP contribution in [-0.2, 0) is 16.6 Å². The molecule has 7 heteroatoms. The second-order valence-electron chi connectivity index (χ2n) is 4.82. The highest BCUT2D eigenvalue weighted by Crippen LogP contribution is 2.20. The molecule has 0 bridgehead atoms. The smallest absolute Gasteiger partial charge is 0.242 e. The van der Waals surface area contributed by atoms with Crippen LogP contribution in [0.1, 0.15) is 31.4 Å². The van der Waals surface area contributed by atoms with Crippen molar-refractivity contribution in [3.63, 3.8) is 0 Å². The zero-order chi connectivity index (χ0) is 13.9. The van der Waals surface area contributed by atoms with Crippen molar-refractivity contribution in [1.82, 2.24) is 9.71 Å². The minimum absolute atomic E-state index is 0.109. The van der Waals surface area contributed by atoms with Crippen LogP contribution in [0.25, 0.3) is 0 Å². The number of pyridine rings is 1. The minimum atomic E-state index is -3.54. The molecule has 0 aliphatic heterocycles. The van der Waals surface area contributed by atoms with Crippen molar-refractivity contribution >= 4 is 10.0 Å². The highest BCUT2D eigenvalue weighted by atomic mass is 32.2. The molecular weight excluding hydrogens is 266 g/mol. The van der Waals surface area contributed by atoms with Gasteiger partial charge < -0.3 is 10.8 Å². The van der Waals surface area contributed by atoms with Gasteiger partial charge in [-0.3, -0.25) is 4.98 Å². The molecule has 1 aliphatic carbocycles. The molecule has 1 aromatic heterocycles. The summed E-state index contributed by atoms with van der Waals surface area (Å²) in [5, 5.41) is 9.40. The third-order valence-corrected chi connectivity index (χ3v) is 4.84. The second kappa shape index (κ2) is 5.96. The van der Waals surface area contributed by atoms with Gasteiger partial charge in [-0.05, 0) is 37.8 Å². The first-order valence-electron chi connectivity index (χ1n) is 6.36. The van der Waals surface area contributed by atoms with Crippen molar-refractivity contribution < 1.29 is 13.5 Å². The standard InChI is InChI=1S/C12H19N3O3S/c13-7-10-3-6-12(8-14-10)19(17,18)15-9-1-4-11(16)5-2-9/h3,6,8-9,11,15-16H,1-2,4-5,7,13H2. The van der Waals surface area contributed by atoms with Crippen LogP contribution in [0.4, 0.5) is 0 Å². The average molecular weight is 285 g/mol. The molecule has 0 atom stereocenters. The maximum atomic E-state index is 12.1. The number of nitrogens with one attached hydrogen (secondary N) is 1. The van der Waals surface area contributed by atoms with Gasteiger partial charge in [0, 0.05) is 18.8 Å². The van der Waals surface area contributed by atoms with Gasteiger partial charge >= 0.3 is 0 Å². The van der Waals surface area contributed by atoms with E-state index in [0.29, 0.717) is 31.4 Å². The van der Waals surface area contributed by atoms with Crippen LogP contribution in [0.2, 0.25) is 0 Å². The molecular formula is C12H19N3O3S. The summed E-state index contributed by atoms with van der Waals surface area (Å²) in [5.74, 6) is 0. The molecule has 2 rings (SSSR count). The SMILES string of the molecule is NCc1ccc(S(=O)(=O)NC2CCC(O)CC2)cn1. The summed E-state index contributed by atoms with van der Waals surface area (Å²) >= 11 is 0. The van der Waals surface area contributed by atoms with E-state index in [9.17, 15) is 13.5 Å². The summed E-state index contributed by atoms with van der Waals surface area (Å²) in [6.07, 6.45) is 3.62. The van der Waals surface area contributed by atoms with Gasteiger partial charge in [-0.2, -0.15) is 0 Å². The minimum Gasteiger partial charge on any atom is -0.393 e. The van der Waals surface area contributed by atoms with Gasteiger partial charge in [0.15, 0.2) is 0 Å². The maximum absolute atomic E-state index is 12.1. The molecule has 0 spiro atoms. The van der Waals surface area contributed by atoms with E-state index in [2.05, 4.69) is 9.71 Å². The van der Waals surface area contributed by atoms with Gasteiger partial charge in [0.1, 0.15) is 4.90 Å². The highest BCUT2D eigenvalue weighted by Gasteiger charge is 2.24. The zero-order valence-electron chi connectivity index (χ0n) is 10.6. The lowest BCUT2D eigenvalue weighted by molar-refractivity contribution is 0.120. The van der Waals surface area contributed by atoms with E-state index in [1.165, 1.54) is 12.3 Å². The Morgan fingerprint density at radius 1 is 1.32 bits per heavy atom. The second-order valence-corrected chi connectivity index (χ2v) is 6.53. The lowest BCUT2D eigenvalue weighted by atomic mass is 9.94. The number of hydrogen-bond acceptors (Lipinski definition) is 5. The number of aliphatic hydroxyl groups is 1. The van der Waals surface area contributed by atoms with E-state index < -0.39 is 10.0 Å². The molecule has 106 valence electrons. The van der Waals surface area contributed by atoms with Gasteiger partial charge in [0.2, 0.25) is 10.0 Å². The Labute approximate surface area is 113 Å². The Morgan fingerprint density at radius 3 is 2.53 bits per heavy atom. The molecule has 6 nitrogen and oxygen atoms in total. The van der Waals surface area contributed by atoms with Crippen LogP contribution in [0.15, 0.2) is 23.2 Å².